The van der Waals surface area contributed by atoms with Crippen molar-refractivity contribution in [1.82, 2.24) is 16.0 Å². The Kier molecular flexibility index (Phi) is 9.84. The van der Waals surface area contributed by atoms with E-state index in [0.29, 0.717) is 19.4 Å². The zero-order chi connectivity index (χ0) is 24.5. The monoisotopic (exact) mass is 481 g/mol. The number of benzene rings is 1. The molecule has 2 unspecified atom stereocenters. The van der Waals surface area contributed by atoms with Gasteiger partial charge in [-0.25, -0.2) is 9.18 Å². The van der Waals surface area contributed by atoms with Crippen LogP contribution in [0.2, 0.25) is 5.02 Å². The lowest BCUT2D eigenvalue weighted by atomic mass is 9.97. The summed E-state index contributed by atoms with van der Waals surface area (Å²) in [7, 11) is 1.20. The van der Waals surface area contributed by atoms with Gasteiger partial charge >= 0.3 is 5.97 Å². The highest BCUT2D eigenvalue weighted by Crippen LogP contribution is 2.18. The van der Waals surface area contributed by atoms with E-state index < -0.39 is 41.6 Å². The van der Waals surface area contributed by atoms with Crippen molar-refractivity contribution in [2.75, 3.05) is 13.7 Å². The number of methoxy groups -OCH3 is 1. The first-order valence-corrected chi connectivity index (χ1v) is 11.1. The predicted octanol–water partition coefficient (Wildman–Crippen LogP) is 2.21. The van der Waals surface area contributed by atoms with Crippen LogP contribution in [0.5, 0.6) is 0 Å². The van der Waals surface area contributed by atoms with Crippen molar-refractivity contribution in [1.29, 1.82) is 0 Å². The first-order chi connectivity index (χ1) is 15.6. The second-order valence-corrected chi connectivity index (χ2v) is 8.72. The van der Waals surface area contributed by atoms with E-state index in [9.17, 15) is 23.6 Å². The van der Waals surface area contributed by atoms with Crippen LogP contribution in [0.25, 0.3) is 6.08 Å². The van der Waals surface area contributed by atoms with Gasteiger partial charge in [-0.1, -0.05) is 31.5 Å². The van der Waals surface area contributed by atoms with Crippen molar-refractivity contribution in [2.24, 2.45) is 11.8 Å². The molecule has 1 aliphatic rings. The molecule has 0 aromatic heterocycles. The van der Waals surface area contributed by atoms with Gasteiger partial charge in [0.1, 0.15) is 17.9 Å². The van der Waals surface area contributed by atoms with Gasteiger partial charge in [-0.05, 0) is 43.4 Å². The predicted molar refractivity (Wildman–Crippen MR) is 122 cm³/mol. The lowest BCUT2D eigenvalue weighted by Gasteiger charge is -2.24. The summed E-state index contributed by atoms with van der Waals surface area (Å²) >= 11 is 5.72. The molecule has 10 heteroatoms. The highest BCUT2D eigenvalue weighted by molar-refractivity contribution is 6.30. The van der Waals surface area contributed by atoms with E-state index in [1.54, 1.807) is 0 Å². The van der Waals surface area contributed by atoms with Gasteiger partial charge in [-0.3, -0.25) is 14.4 Å². The highest BCUT2D eigenvalue weighted by Gasteiger charge is 2.33. The van der Waals surface area contributed by atoms with E-state index in [1.165, 1.54) is 25.3 Å². The van der Waals surface area contributed by atoms with Crippen molar-refractivity contribution >= 4 is 41.4 Å². The quantitative estimate of drug-likeness (QED) is 0.350. The fourth-order valence-electron chi connectivity index (χ4n) is 3.51. The number of carbonyl (C=O) groups is 4. The summed E-state index contributed by atoms with van der Waals surface area (Å²) in [5.41, 5.74) is 0.167. The Labute approximate surface area is 197 Å². The van der Waals surface area contributed by atoms with Gasteiger partial charge in [0.2, 0.25) is 17.7 Å². The molecule has 1 aromatic rings. The largest absolute Gasteiger partial charge is 0.467 e. The molecule has 1 aromatic carbocycles. The van der Waals surface area contributed by atoms with Gasteiger partial charge in [-0.2, -0.15) is 0 Å². The van der Waals surface area contributed by atoms with Crippen LogP contribution in [0.4, 0.5) is 4.39 Å². The molecular weight excluding hydrogens is 453 g/mol. The smallest absolute Gasteiger partial charge is 0.328 e. The molecule has 0 spiro atoms. The number of amides is 3. The van der Waals surface area contributed by atoms with E-state index in [1.807, 2.05) is 13.8 Å². The maximum absolute atomic E-state index is 13.9. The first kappa shape index (κ1) is 26.3. The summed E-state index contributed by atoms with van der Waals surface area (Å²) in [6.07, 6.45) is 3.36. The van der Waals surface area contributed by atoms with Gasteiger partial charge in [-0.15, -0.1) is 0 Å². The summed E-state index contributed by atoms with van der Waals surface area (Å²) < 4.78 is 18.7. The van der Waals surface area contributed by atoms with Crippen LogP contribution in [-0.4, -0.2) is 49.4 Å². The molecule has 0 aliphatic carbocycles. The molecule has 0 saturated carbocycles. The second kappa shape index (κ2) is 12.3. The minimum absolute atomic E-state index is 0.0518. The van der Waals surface area contributed by atoms with Crippen molar-refractivity contribution in [2.45, 2.75) is 45.2 Å². The number of esters is 1. The van der Waals surface area contributed by atoms with Crippen molar-refractivity contribution < 1.29 is 28.3 Å². The van der Waals surface area contributed by atoms with Gasteiger partial charge in [0.25, 0.3) is 0 Å². The molecule has 8 nitrogen and oxygen atoms in total. The topological polar surface area (TPSA) is 114 Å². The van der Waals surface area contributed by atoms with E-state index in [4.69, 9.17) is 16.3 Å². The molecule has 1 fully saturated rings. The number of carbonyl (C=O) groups excluding carboxylic acids is 4. The van der Waals surface area contributed by atoms with E-state index in [0.717, 1.165) is 12.1 Å². The summed E-state index contributed by atoms with van der Waals surface area (Å²) in [6, 6.07) is 2.09. The van der Waals surface area contributed by atoms with Crippen LogP contribution >= 0.6 is 11.6 Å². The molecular formula is C23H29ClFN3O5. The maximum Gasteiger partial charge on any atom is 0.328 e. The van der Waals surface area contributed by atoms with Crippen molar-refractivity contribution in [3.05, 3.63) is 40.7 Å². The van der Waals surface area contributed by atoms with E-state index in [2.05, 4.69) is 16.0 Å². The van der Waals surface area contributed by atoms with Gasteiger partial charge in [0.15, 0.2) is 0 Å². The molecule has 33 heavy (non-hydrogen) atoms. The van der Waals surface area contributed by atoms with Gasteiger partial charge < -0.3 is 20.7 Å². The molecule has 1 aliphatic heterocycles. The fraction of sp³-hybridized carbons (Fsp3) is 0.478. The molecule has 1 saturated heterocycles. The van der Waals surface area contributed by atoms with Crippen LogP contribution in [0.1, 0.15) is 38.7 Å². The van der Waals surface area contributed by atoms with E-state index in [-0.39, 0.29) is 28.8 Å². The minimum atomic E-state index is -1.03. The lowest BCUT2D eigenvalue weighted by molar-refractivity contribution is -0.146. The Balaban J connectivity index is 2.08. The molecule has 3 amide bonds. The molecule has 0 radical (unpaired) electrons. The standard InChI is InChI=1S/C23H29ClFN3O5/c1-13(2)10-18(27-20(29)7-5-14-4-6-16(24)12-17(14)25)22(31)28-19(23(32)33-3)11-15-8-9-26-21(15)30/h4-7,12-13,15,18-19H,8-11H2,1-3H3,(H,26,30)(H,27,29)(H,28,31)/b7-5+/t15-,18?,19?/m0/s1. The Morgan fingerprint density at radius 2 is 2.00 bits per heavy atom. The number of hydrogen-bond donors (Lipinski definition) is 3. The SMILES string of the molecule is COC(=O)C(C[C@@H]1CCNC1=O)NC(=O)C(CC(C)C)NC(=O)/C=C/c1ccc(Cl)cc1F. The van der Waals surface area contributed by atoms with Crippen molar-refractivity contribution in [3.63, 3.8) is 0 Å². The summed E-state index contributed by atoms with van der Waals surface area (Å²) in [5, 5.41) is 8.13. The molecule has 2 rings (SSSR count). The summed E-state index contributed by atoms with van der Waals surface area (Å²) in [4.78, 5) is 49.5. The summed E-state index contributed by atoms with van der Waals surface area (Å²) in [6.45, 7) is 4.27. The van der Waals surface area contributed by atoms with Crippen LogP contribution < -0.4 is 16.0 Å². The average Bonchev–Trinajstić information content (AvgIpc) is 3.15. The van der Waals surface area contributed by atoms with Gasteiger partial charge in [0.05, 0.1) is 7.11 Å². The van der Waals surface area contributed by atoms with E-state index >= 15 is 0 Å². The zero-order valence-corrected chi connectivity index (χ0v) is 19.6. The van der Waals surface area contributed by atoms with Crippen LogP contribution in [0.15, 0.2) is 24.3 Å². The van der Waals surface area contributed by atoms with Crippen LogP contribution in [-0.2, 0) is 23.9 Å². The van der Waals surface area contributed by atoms with Gasteiger partial charge in [0, 0.05) is 29.1 Å². The Morgan fingerprint density at radius 3 is 2.58 bits per heavy atom. The number of ether oxygens (including phenoxy) is 1. The molecule has 3 N–H and O–H groups in total. The lowest BCUT2D eigenvalue weighted by Crippen LogP contribution is -2.52. The molecule has 0 bridgehead atoms. The number of hydrogen-bond acceptors (Lipinski definition) is 5. The average molecular weight is 482 g/mol. The van der Waals surface area contributed by atoms with Crippen LogP contribution in [0, 0.1) is 17.7 Å². The highest BCUT2D eigenvalue weighted by atomic mass is 35.5. The maximum atomic E-state index is 13.9. The third-order valence-electron chi connectivity index (χ3n) is 5.20. The fourth-order valence-corrected chi connectivity index (χ4v) is 3.67. The number of halogens is 2. The first-order valence-electron chi connectivity index (χ1n) is 10.7. The van der Waals surface area contributed by atoms with Crippen LogP contribution in [0.3, 0.4) is 0 Å². The Hall–Kier alpha value is -2.94. The third kappa shape index (κ3) is 8.16. The molecule has 180 valence electrons. The number of nitrogens with one attached hydrogen (secondary N) is 3. The number of rotatable bonds is 10. The van der Waals surface area contributed by atoms with Crippen molar-refractivity contribution in [3.8, 4) is 0 Å². The second-order valence-electron chi connectivity index (χ2n) is 8.29. The minimum Gasteiger partial charge on any atom is -0.467 e. The molecule has 1 heterocycles. The Morgan fingerprint density at radius 1 is 1.27 bits per heavy atom. The normalized spacial score (nSPS) is 17.5. The summed E-state index contributed by atoms with van der Waals surface area (Å²) in [5.74, 6) is -2.96. The third-order valence-corrected chi connectivity index (χ3v) is 5.44. The zero-order valence-electron chi connectivity index (χ0n) is 18.8. The molecule has 3 atom stereocenters. The Bertz CT molecular complexity index is 921.